The van der Waals surface area contributed by atoms with Gasteiger partial charge in [0.2, 0.25) is 5.89 Å². The summed E-state index contributed by atoms with van der Waals surface area (Å²) in [6.45, 7) is 0. The van der Waals surface area contributed by atoms with Crippen LogP contribution in [0.1, 0.15) is 16.4 Å². The van der Waals surface area contributed by atoms with Crippen LogP contribution in [0.3, 0.4) is 0 Å². The summed E-state index contributed by atoms with van der Waals surface area (Å²) in [5, 5.41) is 9.22. The van der Waals surface area contributed by atoms with Gasteiger partial charge in [0.15, 0.2) is 0 Å². The highest BCUT2D eigenvalue weighted by molar-refractivity contribution is 7.99. The molecule has 4 aromatic rings. The van der Waals surface area contributed by atoms with E-state index < -0.39 is 0 Å². The second-order valence-electron chi connectivity index (χ2n) is 5.91. The molecule has 3 nitrogen and oxygen atoms in total. The Labute approximate surface area is 149 Å². The summed E-state index contributed by atoms with van der Waals surface area (Å²) in [6, 6.07) is 26.9. The Kier molecular flexibility index (Phi) is 3.42. The van der Waals surface area contributed by atoms with E-state index in [1.54, 1.807) is 11.8 Å². The van der Waals surface area contributed by atoms with Crippen molar-refractivity contribution in [3.05, 3.63) is 90.0 Å². The van der Waals surface area contributed by atoms with Crippen LogP contribution in [0, 0.1) is 0 Å². The lowest BCUT2D eigenvalue weighted by molar-refractivity contribution is 0.465. The smallest absolute Gasteiger partial charge is 0.277 e. The third kappa shape index (κ3) is 2.46. The van der Waals surface area contributed by atoms with Crippen molar-refractivity contribution in [1.29, 1.82) is 0 Å². The lowest BCUT2D eigenvalue weighted by Crippen LogP contribution is -1.91. The first-order chi connectivity index (χ1) is 12.4. The Bertz CT molecular complexity index is 997. The molecular formula is C21H14N2OS. The Morgan fingerprint density at radius 2 is 1.28 bits per heavy atom. The molecule has 5 rings (SSSR count). The van der Waals surface area contributed by atoms with Gasteiger partial charge in [-0.15, -0.1) is 10.2 Å². The zero-order chi connectivity index (χ0) is 16.6. The van der Waals surface area contributed by atoms with Crippen molar-refractivity contribution in [2.75, 3.05) is 0 Å². The lowest BCUT2D eigenvalue weighted by Gasteiger charge is -2.09. The Morgan fingerprint density at radius 3 is 1.96 bits per heavy atom. The van der Waals surface area contributed by atoms with Gasteiger partial charge in [0.05, 0.1) is 5.25 Å². The molecule has 0 radical (unpaired) electrons. The Hall–Kier alpha value is -2.85. The van der Waals surface area contributed by atoms with E-state index in [9.17, 15) is 0 Å². The van der Waals surface area contributed by atoms with Gasteiger partial charge in [-0.25, -0.2) is 0 Å². The minimum absolute atomic E-state index is 0.177. The fourth-order valence-electron chi connectivity index (χ4n) is 3.29. The number of aromatic nitrogens is 2. The van der Waals surface area contributed by atoms with E-state index in [1.165, 1.54) is 22.3 Å². The first-order valence-corrected chi connectivity index (χ1v) is 9.02. The number of thioether (sulfide) groups is 1. The van der Waals surface area contributed by atoms with Crippen LogP contribution in [0.25, 0.3) is 22.6 Å². The van der Waals surface area contributed by atoms with Crippen molar-refractivity contribution in [1.82, 2.24) is 10.2 Å². The molecule has 0 amide bonds. The average Bonchev–Trinajstić information content (AvgIpc) is 3.27. The third-order valence-corrected chi connectivity index (χ3v) is 5.53. The molecule has 0 bridgehead atoms. The van der Waals surface area contributed by atoms with E-state index in [0.29, 0.717) is 11.1 Å². The van der Waals surface area contributed by atoms with Gasteiger partial charge in [0, 0.05) is 5.56 Å². The number of hydrogen-bond acceptors (Lipinski definition) is 4. The molecular weight excluding hydrogens is 328 g/mol. The number of fused-ring (bicyclic) bond motifs is 3. The summed E-state index contributed by atoms with van der Waals surface area (Å²) in [5.41, 5.74) is 6.12. The second-order valence-corrected chi connectivity index (χ2v) is 6.97. The summed E-state index contributed by atoms with van der Waals surface area (Å²) in [7, 11) is 0. The van der Waals surface area contributed by atoms with Crippen LogP contribution in [0.4, 0.5) is 0 Å². The molecule has 0 saturated carbocycles. The number of rotatable bonds is 3. The number of nitrogens with zero attached hydrogens (tertiary/aromatic N) is 2. The highest BCUT2D eigenvalue weighted by Gasteiger charge is 2.30. The predicted octanol–water partition coefficient (Wildman–Crippen LogP) is 5.60. The van der Waals surface area contributed by atoms with Crippen molar-refractivity contribution in [2.45, 2.75) is 10.5 Å². The predicted molar refractivity (Wildman–Crippen MR) is 99.3 cm³/mol. The van der Waals surface area contributed by atoms with Gasteiger partial charge >= 0.3 is 0 Å². The summed E-state index contributed by atoms with van der Waals surface area (Å²) in [4.78, 5) is 0. The van der Waals surface area contributed by atoms with Crippen LogP contribution >= 0.6 is 11.8 Å². The number of hydrogen-bond donors (Lipinski definition) is 0. The van der Waals surface area contributed by atoms with Crippen molar-refractivity contribution < 1.29 is 4.42 Å². The maximum absolute atomic E-state index is 5.90. The topological polar surface area (TPSA) is 38.9 Å². The van der Waals surface area contributed by atoms with Gasteiger partial charge < -0.3 is 4.42 Å². The highest BCUT2D eigenvalue weighted by atomic mass is 32.2. The molecule has 0 fully saturated rings. The quantitative estimate of drug-likeness (QED) is 0.486. The molecule has 0 N–H and O–H groups in total. The zero-order valence-electron chi connectivity index (χ0n) is 13.3. The molecule has 0 aliphatic heterocycles. The SMILES string of the molecule is c1ccc(-c2nnc(SC3c4ccccc4-c4ccccc43)o2)cc1. The fourth-order valence-corrected chi connectivity index (χ4v) is 4.37. The van der Waals surface area contributed by atoms with E-state index in [1.807, 2.05) is 30.3 Å². The van der Waals surface area contributed by atoms with E-state index in [4.69, 9.17) is 4.42 Å². The molecule has 0 unspecified atom stereocenters. The molecule has 1 heterocycles. The van der Waals surface area contributed by atoms with Crippen molar-refractivity contribution >= 4 is 11.8 Å². The van der Waals surface area contributed by atoms with Crippen LogP contribution in [0.5, 0.6) is 0 Å². The van der Waals surface area contributed by atoms with E-state index >= 15 is 0 Å². The van der Waals surface area contributed by atoms with Crippen molar-refractivity contribution in [3.8, 4) is 22.6 Å². The summed E-state index contributed by atoms with van der Waals surface area (Å²) < 4.78 is 5.90. The fraction of sp³-hybridized carbons (Fsp3) is 0.0476. The zero-order valence-corrected chi connectivity index (χ0v) is 14.1. The van der Waals surface area contributed by atoms with Crippen LogP contribution in [0.2, 0.25) is 0 Å². The second kappa shape index (κ2) is 5.90. The van der Waals surface area contributed by atoms with Crippen LogP contribution < -0.4 is 0 Å². The molecule has 1 aliphatic carbocycles. The maximum Gasteiger partial charge on any atom is 0.277 e. The molecule has 1 aromatic heterocycles. The van der Waals surface area contributed by atoms with Gasteiger partial charge in [-0.3, -0.25) is 0 Å². The molecule has 0 saturated heterocycles. The first-order valence-electron chi connectivity index (χ1n) is 8.14. The van der Waals surface area contributed by atoms with Crippen LogP contribution in [0.15, 0.2) is 88.5 Å². The van der Waals surface area contributed by atoms with Gasteiger partial charge in [-0.05, 0) is 34.4 Å². The maximum atomic E-state index is 5.90. The monoisotopic (exact) mass is 342 g/mol. The minimum Gasteiger partial charge on any atom is -0.411 e. The van der Waals surface area contributed by atoms with Gasteiger partial charge in [-0.1, -0.05) is 78.5 Å². The Balaban J connectivity index is 1.52. The van der Waals surface area contributed by atoms with E-state index in [2.05, 4.69) is 58.7 Å². The standard InChI is InChI=1S/C21H14N2OS/c1-2-8-14(9-3-1)20-22-23-21(24-20)25-19-17-12-6-4-10-15(17)16-11-5-7-13-18(16)19/h1-13,19H. The van der Waals surface area contributed by atoms with Gasteiger partial charge in [-0.2, -0.15) is 0 Å². The molecule has 0 spiro atoms. The lowest BCUT2D eigenvalue weighted by atomic mass is 10.1. The van der Waals surface area contributed by atoms with E-state index in [-0.39, 0.29) is 5.25 Å². The molecule has 4 heteroatoms. The van der Waals surface area contributed by atoms with Crippen LogP contribution in [-0.2, 0) is 0 Å². The van der Waals surface area contributed by atoms with Gasteiger partial charge in [0.1, 0.15) is 0 Å². The van der Waals surface area contributed by atoms with Crippen molar-refractivity contribution in [3.63, 3.8) is 0 Å². The molecule has 1 aliphatic rings. The molecule has 3 aromatic carbocycles. The number of benzene rings is 3. The molecule has 120 valence electrons. The summed E-state index contributed by atoms with van der Waals surface area (Å²) in [5.74, 6) is 0.558. The first kappa shape index (κ1) is 14.5. The summed E-state index contributed by atoms with van der Waals surface area (Å²) >= 11 is 1.61. The third-order valence-electron chi connectivity index (χ3n) is 4.42. The summed E-state index contributed by atoms with van der Waals surface area (Å²) in [6.07, 6.45) is 0. The van der Waals surface area contributed by atoms with Gasteiger partial charge in [0.25, 0.3) is 5.22 Å². The normalized spacial score (nSPS) is 12.8. The minimum atomic E-state index is 0.177. The average molecular weight is 342 g/mol. The molecule has 0 atom stereocenters. The van der Waals surface area contributed by atoms with Crippen LogP contribution in [-0.4, -0.2) is 10.2 Å². The molecule has 25 heavy (non-hydrogen) atoms. The Morgan fingerprint density at radius 1 is 0.680 bits per heavy atom. The van der Waals surface area contributed by atoms with E-state index in [0.717, 1.165) is 5.56 Å². The largest absolute Gasteiger partial charge is 0.411 e. The highest BCUT2D eigenvalue weighted by Crippen LogP contribution is 2.51. The van der Waals surface area contributed by atoms with Crippen molar-refractivity contribution in [2.24, 2.45) is 0 Å².